The van der Waals surface area contributed by atoms with Gasteiger partial charge in [-0.15, -0.1) is 11.3 Å². The smallest absolute Gasteiger partial charge is 0.254 e. The molecule has 1 aromatic heterocycles. The summed E-state index contributed by atoms with van der Waals surface area (Å²) in [5, 5.41) is 5.36. The molecule has 0 aliphatic carbocycles. The van der Waals surface area contributed by atoms with Gasteiger partial charge in [0.05, 0.1) is 8.45 Å². The van der Waals surface area contributed by atoms with Gasteiger partial charge in [-0.2, -0.15) is 0 Å². The second-order valence-corrected chi connectivity index (χ2v) is 7.33. The predicted octanol–water partition coefficient (Wildman–Crippen LogP) is 1.64. The van der Waals surface area contributed by atoms with Gasteiger partial charge < -0.3 is 10.2 Å². The molecule has 0 spiro atoms. The van der Waals surface area contributed by atoms with Crippen LogP contribution >= 0.6 is 33.9 Å². The van der Waals surface area contributed by atoms with Gasteiger partial charge in [0.1, 0.15) is 0 Å². The Kier molecular flexibility index (Phi) is 2.93. The van der Waals surface area contributed by atoms with Gasteiger partial charge in [-0.25, -0.2) is 0 Å². The van der Waals surface area contributed by atoms with Crippen LogP contribution in [0, 0.1) is 14.7 Å². The Morgan fingerprint density at radius 1 is 1.44 bits per heavy atom. The molecule has 16 heavy (non-hydrogen) atoms. The van der Waals surface area contributed by atoms with Crippen LogP contribution in [0.4, 0.5) is 0 Å². The quantitative estimate of drug-likeness (QED) is 0.783. The molecule has 0 bridgehead atoms. The molecule has 1 aromatic rings. The molecular weight excluding hydrogens is 335 g/mol. The molecule has 2 aliphatic rings. The van der Waals surface area contributed by atoms with Crippen LogP contribution in [0.1, 0.15) is 10.4 Å². The van der Waals surface area contributed by atoms with Gasteiger partial charge in [0.15, 0.2) is 0 Å². The molecule has 2 unspecified atom stereocenters. The van der Waals surface area contributed by atoms with Gasteiger partial charge in [0.2, 0.25) is 0 Å². The van der Waals surface area contributed by atoms with Crippen LogP contribution in [0.5, 0.6) is 0 Å². The highest BCUT2D eigenvalue weighted by molar-refractivity contribution is 14.1. The van der Waals surface area contributed by atoms with Crippen LogP contribution in [-0.4, -0.2) is 37.0 Å². The summed E-state index contributed by atoms with van der Waals surface area (Å²) in [6.45, 7) is 4.02. The molecule has 2 aliphatic heterocycles. The average molecular weight is 348 g/mol. The highest BCUT2D eigenvalue weighted by Crippen LogP contribution is 2.28. The maximum absolute atomic E-state index is 12.2. The summed E-state index contributed by atoms with van der Waals surface area (Å²) in [4.78, 5) is 14.2. The number of hydrogen-bond donors (Lipinski definition) is 1. The fourth-order valence-electron chi connectivity index (χ4n) is 2.63. The Morgan fingerprint density at radius 2 is 2.12 bits per heavy atom. The van der Waals surface area contributed by atoms with Crippen LogP contribution in [-0.2, 0) is 0 Å². The fraction of sp³-hybridized carbons (Fsp3) is 0.545. The van der Waals surface area contributed by atoms with Gasteiger partial charge in [-0.3, -0.25) is 4.79 Å². The lowest BCUT2D eigenvalue weighted by molar-refractivity contribution is 0.0782. The average Bonchev–Trinajstić information content (AvgIpc) is 2.89. The normalized spacial score (nSPS) is 28.4. The zero-order valence-electron chi connectivity index (χ0n) is 8.78. The zero-order valence-corrected chi connectivity index (χ0v) is 11.8. The van der Waals surface area contributed by atoms with Crippen LogP contribution < -0.4 is 5.32 Å². The van der Waals surface area contributed by atoms with Gasteiger partial charge in [0, 0.05) is 31.6 Å². The molecule has 3 nitrogen and oxygen atoms in total. The van der Waals surface area contributed by atoms with Crippen molar-refractivity contribution in [2.75, 3.05) is 26.2 Å². The molecule has 2 atom stereocenters. The summed E-state index contributed by atoms with van der Waals surface area (Å²) in [7, 11) is 0. The molecule has 3 heterocycles. The summed E-state index contributed by atoms with van der Waals surface area (Å²) in [6.07, 6.45) is 0. The van der Waals surface area contributed by atoms with Crippen molar-refractivity contribution in [1.29, 1.82) is 0 Å². The lowest BCUT2D eigenvalue weighted by atomic mass is 10.0. The minimum atomic E-state index is 0.216. The lowest BCUT2D eigenvalue weighted by Crippen LogP contribution is -2.31. The SMILES string of the molecule is O=C(c1csc(I)c1)N1CC2CNCC2C1. The van der Waals surface area contributed by atoms with Crippen molar-refractivity contribution in [3.63, 3.8) is 0 Å². The minimum absolute atomic E-state index is 0.216. The van der Waals surface area contributed by atoms with Gasteiger partial charge >= 0.3 is 0 Å². The number of hydrogen-bond acceptors (Lipinski definition) is 3. The van der Waals surface area contributed by atoms with E-state index in [0.717, 1.165) is 31.7 Å². The number of rotatable bonds is 1. The third-order valence-electron chi connectivity index (χ3n) is 3.49. The van der Waals surface area contributed by atoms with Crippen LogP contribution in [0.15, 0.2) is 11.4 Å². The van der Waals surface area contributed by atoms with Crippen molar-refractivity contribution in [1.82, 2.24) is 10.2 Å². The number of thiophene rings is 1. The Balaban J connectivity index is 1.73. The Bertz CT molecular complexity index is 408. The van der Waals surface area contributed by atoms with Crippen LogP contribution in [0.3, 0.4) is 0 Å². The van der Waals surface area contributed by atoms with Gasteiger partial charge in [-0.05, 0) is 40.5 Å². The number of halogens is 1. The first-order chi connectivity index (χ1) is 7.74. The topological polar surface area (TPSA) is 32.3 Å². The van der Waals surface area contributed by atoms with Gasteiger partial charge in [0.25, 0.3) is 5.91 Å². The van der Waals surface area contributed by atoms with E-state index in [2.05, 4.69) is 27.9 Å². The molecule has 3 rings (SSSR count). The van der Waals surface area contributed by atoms with E-state index in [9.17, 15) is 4.79 Å². The molecule has 0 saturated carbocycles. The standard InChI is InChI=1S/C11H13IN2OS/c12-10-1-7(6-16-10)11(15)14-4-8-2-13-3-9(8)5-14/h1,6,8-9,13H,2-5H2. The summed E-state index contributed by atoms with van der Waals surface area (Å²) in [5.74, 6) is 1.58. The third-order valence-corrected chi connectivity index (χ3v) is 5.28. The fourth-order valence-corrected chi connectivity index (χ4v) is 3.95. The number of fused-ring (bicyclic) bond motifs is 1. The van der Waals surface area contributed by atoms with Crippen LogP contribution in [0.25, 0.3) is 0 Å². The highest BCUT2D eigenvalue weighted by Gasteiger charge is 2.38. The summed E-state index contributed by atoms with van der Waals surface area (Å²) >= 11 is 3.90. The van der Waals surface area contributed by atoms with E-state index in [1.807, 2.05) is 16.3 Å². The lowest BCUT2D eigenvalue weighted by Gasteiger charge is -2.16. The summed E-state index contributed by atoms with van der Waals surface area (Å²) in [5.41, 5.74) is 0.863. The van der Waals surface area contributed by atoms with Crippen molar-refractivity contribution >= 4 is 39.8 Å². The maximum Gasteiger partial charge on any atom is 0.254 e. The summed E-state index contributed by atoms with van der Waals surface area (Å²) < 4.78 is 1.18. The number of amides is 1. The first-order valence-corrected chi connectivity index (χ1v) is 7.44. The second-order valence-electron chi connectivity index (χ2n) is 4.53. The maximum atomic E-state index is 12.2. The van der Waals surface area contributed by atoms with E-state index in [-0.39, 0.29) is 5.91 Å². The monoisotopic (exact) mass is 348 g/mol. The molecule has 1 N–H and O–H groups in total. The van der Waals surface area contributed by atoms with Crippen LogP contribution in [0.2, 0.25) is 0 Å². The number of carbonyl (C=O) groups excluding carboxylic acids is 1. The van der Waals surface area contributed by atoms with Crippen molar-refractivity contribution in [3.8, 4) is 0 Å². The number of likely N-dealkylation sites (tertiary alicyclic amines) is 1. The minimum Gasteiger partial charge on any atom is -0.338 e. The summed E-state index contributed by atoms with van der Waals surface area (Å²) in [6, 6.07) is 1.99. The molecule has 0 aromatic carbocycles. The van der Waals surface area contributed by atoms with Gasteiger partial charge in [-0.1, -0.05) is 0 Å². The highest BCUT2D eigenvalue weighted by atomic mass is 127. The van der Waals surface area contributed by atoms with E-state index in [1.165, 1.54) is 2.88 Å². The molecule has 2 fully saturated rings. The first-order valence-electron chi connectivity index (χ1n) is 5.48. The Morgan fingerprint density at radius 3 is 2.69 bits per heavy atom. The largest absolute Gasteiger partial charge is 0.338 e. The van der Waals surface area contributed by atoms with E-state index >= 15 is 0 Å². The molecule has 5 heteroatoms. The Labute approximate surface area is 112 Å². The molecule has 1 amide bonds. The first kappa shape index (κ1) is 11.0. The van der Waals surface area contributed by atoms with E-state index in [4.69, 9.17) is 0 Å². The van der Waals surface area contributed by atoms with E-state index in [0.29, 0.717) is 11.8 Å². The number of nitrogens with one attached hydrogen (secondary N) is 1. The van der Waals surface area contributed by atoms with Crippen molar-refractivity contribution < 1.29 is 4.79 Å². The predicted molar refractivity (Wildman–Crippen MR) is 72.8 cm³/mol. The molecule has 86 valence electrons. The third kappa shape index (κ3) is 1.89. The molecule has 2 saturated heterocycles. The van der Waals surface area contributed by atoms with Crippen molar-refractivity contribution in [3.05, 3.63) is 19.9 Å². The molecular formula is C11H13IN2OS. The Hall–Kier alpha value is -0.140. The number of nitrogens with zero attached hydrogens (tertiary/aromatic N) is 1. The number of carbonyl (C=O) groups is 1. The van der Waals surface area contributed by atoms with Crippen molar-refractivity contribution in [2.24, 2.45) is 11.8 Å². The van der Waals surface area contributed by atoms with E-state index < -0.39 is 0 Å². The second kappa shape index (κ2) is 4.27. The van der Waals surface area contributed by atoms with Crippen molar-refractivity contribution in [2.45, 2.75) is 0 Å². The molecule has 0 radical (unpaired) electrons. The zero-order chi connectivity index (χ0) is 11.1. The van der Waals surface area contributed by atoms with E-state index in [1.54, 1.807) is 11.3 Å².